The average molecular weight is 2090 g/mol. The lowest BCUT2D eigenvalue weighted by molar-refractivity contribution is 0.0101. The van der Waals surface area contributed by atoms with Crippen molar-refractivity contribution >= 4 is 79.5 Å². The lowest BCUT2D eigenvalue weighted by Crippen LogP contribution is -2.64. The number of esters is 2. The zero-order chi connectivity index (χ0) is 102. The molecule has 0 saturated heterocycles. The normalized spacial score (nSPS) is 21.3. The number of rotatable bonds is 74. The second-order valence-corrected chi connectivity index (χ2v) is 82.1. The first-order valence-electron chi connectivity index (χ1n) is 58.8. The highest BCUT2D eigenvalue weighted by Crippen LogP contribution is 2.46. The van der Waals surface area contributed by atoms with Crippen molar-refractivity contribution in [3.05, 3.63) is 119 Å². The molecule has 14 nitrogen and oxygen atoms in total. The van der Waals surface area contributed by atoms with Crippen LogP contribution >= 0.6 is 0 Å². The minimum absolute atomic E-state index is 0.0421. The summed E-state index contributed by atoms with van der Waals surface area (Å²) in [6, 6.07) is 35.2. The van der Waals surface area contributed by atoms with Gasteiger partial charge in [0.15, 0.2) is 33.3 Å². The van der Waals surface area contributed by atoms with Crippen LogP contribution in [-0.2, 0) is 39.6 Å². The molecule has 6 unspecified atom stereocenters. The van der Waals surface area contributed by atoms with E-state index in [1.807, 2.05) is 48.5 Å². The minimum Gasteiger partial charge on any atom is -0.494 e. The van der Waals surface area contributed by atoms with Crippen LogP contribution in [-0.4, -0.2) is 116 Å². The molecule has 4 saturated carbocycles. The number of hydrogen-bond donors (Lipinski definition) is 0. The fourth-order valence-corrected chi connectivity index (χ4v) is 60.7. The molecule has 0 aliphatic heterocycles. The van der Waals surface area contributed by atoms with E-state index in [0.29, 0.717) is 24.3 Å². The first-order chi connectivity index (χ1) is 67.2. The van der Waals surface area contributed by atoms with Crippen molar-refractivity contribution in [2.75, 3.05) is 13.2 Å². The van der Waals surface area contributed by atoms with Crippen LogP contribution < -0.4 is 18.9 Å². The fourth-order valence-electron chi connectivity index (χ4n) is 23.9. The van der Waals surface area contributed by atoms with Gasteiger partial charge in [-0.3, -0.25) is 0 Å². The molecule has 0 heterocycles. The van der Waals surface area contributed by atoms with Gasteiger partial charge in [0.25, 0.3) is 0 Å². The zero-order valence-corrected chi connectivity index (χ0v) is 103. The summed E-state index contributed by atoms with van der Waals surface area (Å²) in [5.41, 5.74) is 2.92. The number of carbonyl (C=O) groups excluding carboxylic acids is 2. The Bertz CT molecular complexity index is 3720. The van der Waals surface area contributed by atoms with E-state index < -0.39 is 67.5 Å². The molecule has 22 heteroatoms. The van der Waals surface area contributed by atoms with Crippen molar-refractivity contribution in [2.45, 2.75) is 547 Å². The van der Waals surface area contributed by atoms with Crippen LogP contribution in [0.3, 0.4) is 0 Å². The molecule has 0 bridgehead atoms. The zero-order valence-electron chi connectivity index (χ0n) is 94.7. The van der Waals surface area contributed by atoms with Gasteiger partial charge in [-0.2, -0.15) is 0 Å². The molecule has 0 spiro atoms. The van der Waals surface area contributed by atoms with Gasteiger partial charge in [0.1, 0.15) is 46.7 Å². The molecule has 0 radical (unpaired) electrons. The third kappa shape index (κ3) is 48.1. The number of hydrogen-bond acceptors (Lipinski definition) is 14. The summed E-state index contributed by atoms with van der Waals surface area (Å²) in [6.45, 7) is 52.7. The summed E-state index contributed by atoms with van der Waals surface area (Å²) in [6.07, 6.45) is 68.5. The van der Waals surface area contributed by atoms with Crippen molar-refractivity contribution in [3.63, 3.8) is 0 Å². The van der Waals surface area contributed by atoms with Gasteiger partial charge in [-0.05, 0) is 352 Å². The molecular formula is C119H212O14Si8. The number of benzene rings is 4. The van der Waals surface area contributed by atoms with Crippen LogP contribution in [0.15, 0.2) is 97.1 Å². The maximum Gasteiger partial charge on any atom is 0.358 e. The van der Waals surface area contributed by atoms with Gasteiger partial charge < -0.3 is 53.1 Å². The van der Waals surface area contributed by atoms with Gasteiger partial charge in [0.05, 0.1) is 24.3 Å². The van der Waals surface area contributed by atoms with E-state index in [0.717, 1.165) is 160 Å². The highest BCUT2D eigenvalue weighted by atomic mass is 28.5. The Morgan fingerprint density at radius 2 is 0.539 bits per heavy atom. The molecular weight excluding hydrogens is 1880 g/mol. The Kier molecular flexibility index (Phi) is 55.4. The van der Waals surface area contributed by atoms with Crippen molar-refractivity contribution in [3.8, 4) is 23.0 Å². The highest BCUT2D eigenvalue weighted by Gasteiger charge is 2.55. The first kappa shape index (κ1) is 123. The molecule has 141 heavy (non-hydrogen) atoms. The summed E-state index contributed by atoms with van der Waals surface area (Å²) < 4.78 is 85.2. The van der Waals surface area contributed by atoms with E-state index in [1.54, 1.807) is 0 Å². The maximum atomic E-state index is 13.2. The Balaban J connectivity index is 0.819. The van der Waals surface area contributed by atoms with E-state index in [4.69, 9.17) is 53.1 Å². The molecule has 4 aromatic rings. The van der Waals surface area contributed by atoms with Crippen molar-refractivity contribution in [1.29, 1.82) is 0 Å². The molecule has 4 aliphatic rings. The highest BCUT2D eigenvalue weighted by molar-refractivity contribution is 6.91. The summed E-state index contributed by atoms with van der Waals surface area (Å²) in [7, 11) is -20.4. The quantitative estimate of drug-likeness (QED) is 0.0235. The molecule has 4 aromatic carbocycles. The minimum atomic E-state index is -3.14. The second kappa shape index (κ2) is 63.6. The molecule has 0 amide bonds. The fraction of sp³-hybridized carbons (Fsp3) is 0.782. The lowest BCUT2D eigenvalue weighted by Gasteiger charge is -2.45. The van der Waals surface area contributed by atoms with Gasteiger partial charge in [0.2, 0.25) is 0 Å². The van der Waals surface area contributed by atoms with E-state index in [1.165, 1.54) is 281 Å². The van der Waals surface area contributed by atoms with E-state index in [2.05, 4.69) is 195 Å². The lowest BCUT2D eigenvalue weighted by atomic mass is 9.70. The summed E-state index contributed by atoms with van der Waals surface area (Å²) in [4.78, 5) is 26.4. The monoisotopic (exact) mass is 2090 g/mol. The van der Waals surface area contributed by atoms with Gasteiger partial charge in [0, 0.05) is 5.41 Å². The average Bonchev–Trinajstić information content (AvgIpc) is 0.782. The molecule has 8 rings (SSSR count). The largest absolute Gasteiger partial charge is 0.494 e. The van der Waals surface area contributed by atoms with Crippen molar-refractivity contribution in [2.24, 2.45) is 35.5 Å². The number of ether oxygens (including phenoxy) is 6. The SMILES string of the molecule is CCCCCCCCCCC(Oc1ccc(C(C)(C)c2ccc(OC(CCCCCCCCCC)[Si](C)(O[Si](C)(C)C)O[Si](C)(CCCCCCCCCCCOc3ccc(C(=O)OC4CCC(C5CCC(CCC)CC5)CC4)cc3)O[Si](C)(C)C)cc2)cc1)[Si](C)(O[Si](C)(C)C)O[Si](C)(CCCCCCCCCCCOc1ccc(C(=O)OC2CCC(C3CCC(CCC)CC3)CC2)cc1)O[Si](C)(C)C. The molecule has 0 aromatic heterocycles. The Morgan fingerprint density at radius 3 is 0.816 bits per heavy atom. The van der Waals surface area contributed by atoms with Gasteiger partial charge in [-0.25, -0.2) is 9.59 Å². The van der Waals surface area contributed by atoms with Gasteiger partial charge in [-0.1, -0.05) is 310 Å². The summed E-state index contributed by atoms with van der Waals surface area (Å²) in [5.74, 6) is 8.26. The second-order valence-electron chi connectivity index (χ2n) is 49.4. The standard InChI is InChI=1S/C119H212O14Si8/c1-23-27-29-31-33-41-47-53-61-115(140(21,130-136(13,14)15)132-138(19,128-134(7,8)9)97-57-51-45-39-35-37-43-49-55-95-122-109-83-75-105(76-84-109)117(120)126-113-87-71-103(72-88-113)101-67-63-99(59-25-3)64-68-101)124-111-91-79-107(80-92-111)119(5,6)108-81-93-112(94-82-108)125-116(62-54-48-42-34-32-30-28-24-2)141(22,131-137(16,17)18)133-139(20,129-135(10,11)12)98-58-52-46-40-36-38-44-50-56-96-123-110-85-77-106(78-86-110)118(121)127-114-89-73-104(74-90-114)102-69-65-100(60-26-4)66-70-102/h75-86,91-94,99-104,113-116H,23-74,87-90,95-98H2,1-22H3. The third-order valence-corrected chi connectivity index (χ3v) is 60.0. The predicted molar refractivity (Wildman–Crippen MR) is 614 cm³/mol. The molecule has 6 atom stereocenters. The molecule has 804 valence electrons. The van der Waals surface area contributed by atoms with Crippen LogP contribution in [0, 0.1) is 35.5 Å². The Hall–Kier alpha value is -3.48. The molecule has 4 aliphatic carbocycles. The van der Waals surface area contributed by atoms with Gasteiger partial charge >= 0.3 is 46.2 Å². The number of carbonyl (C=O) groups is 2. The maximum absolute atomic E-state index is 13.2. The number of unbranched alkanes of at least 4 members (excludes halogenated alkanes) is 30. The van der Waals surface area contributed by atoms with Crippen LogP contribution in [0.25, 0.3) is 0 Å². The van der Waals surface area contributed by atoms with Crippen LogP contribution in [0.4, 0.5) is 0 Å². The van der Waals surface area contributed by atoms with Crippen LogP contribution in [0.1, 0.15) is 433 Å². The van der Waals surface area contributed by atoms with E-state index >= 15 is 0 Å². The first-order valence-corrected chi connectivity index (χ1v) is 82.3. The van der Waals surface area contributed by atoms with E-state index in [-0.39, 0.29) is 41.0 Å². The van der Waals surface area contributed by atoms with Crippen molar-refractivity contribution < 1.29 is 62.7 Å². The Labute approximate surface area is 873 Å². The molecule has 0 N–H and O–H groups in total. The Morgan fingerprint density at radius 1 is 0.284 bits per heavy atom. The topological polar surface area (TPSA) is 145 Å². The molecule has 4 fully saturated rings. The van der Waals surface area contributed by atoms with Gasteiger partial charge in [-0.15, -0.1) is 0 Å². The van der Waals surface area contributed by atoms with E-state index in [9.17, 15) is 9.59 Å². The van der Waals surface area contributed by atoms with Crippen LogP contribution in [0.2, 0.25) is 117 Å². The predicted octanol–water partition coefficient (Wildman–Crippen LogP) is 37.2. The summed E-state index contributed by atoms with van der Waals surface area (Å²) in [5, 5.41) is 0. The third-order valence-electron chi connectivity index (χ3n) is 31.2. The smallest absolute Gasteiger partial charge is 0.358 e. The summed E-state index contributed by atoms with van der Waals surface area (Å²) >= 11 is 0. The van der Waals surface area contributed by atoms with Crippen LogP contribution in [0.5, 0.6) is 23.0 Å². The van der Waals surface area contributed by atoms with Crippen molar-refractivity contribution in [1.82, 2.24) is 0 Å².